The Balaban J connectivity index is 1.95. The number of aromatic nitrogens is 1. The Bertz CT molecular complexity index is 682. The fourth-order valence-electron chi connectivity index (χ4n) is 2.89. The molecule has 1 aliphatic rings. The zero-order chi connectivity index (χ0) is 15.7. The van der Waals surface area contributed by atoms with E-state index >= 15 is 0 Å². The van der Waals surface area contributed by atoms with Gasteiger partial charge in [-0.05, 0) is 36.6 Å². The second kappa shape index (κ2) is 5.71. The summed E-state index contributed by atoms with van der Waals surface area (Å²) in [6, 6.07) is 5.44. The molecule has 1 aliphatic heterocycles. The summed E-state index contributed by atoms with van der Waals surface area (Å²) in [6.45, 7) is 2.63. The summed E-state index contributed by atoms with van der Waals surface area (Å²) in [5, 5.41) is 3.60. The number of ether oxygens (including phenoxy) is 2. The van der Waals surface area contributed by atoms with E-state index in [0.29, 0.717) is 18.0 Å². The van der Waals surface area contributed by atoms with Gasteiger partial charge in [0.25, 0.3) is 5.91 Å². The second-order valence-electron chi connectivity index (χ2n) is 5.21. The molecule has 3 rings (SSSR count). The van der Waals surface area contributed by atoms with Crippen LogP contribution < -0.4 is 9.47 Å². The fraction of sp³-hybridized carbons (Fsp3) is 0.375. The maximum absolute atomic E-state index is 12.5. The summed E-state index contributed by atoms with van der Waals surface area (Å²) in [5.74, 6) is 1.49. The molecule has 0 fully saturated rings. The highest BCUT2D eigenvalue weighted by atomic mass is 16.5. The molecule has 6 nitrogen and oxygen atoms in total. The van der Waals surface area contributed by atoms with E-state index in [2.05, 4.69) is 5.16 Å². The third-order valence-corrected chi connectivity index (χ3v) is 4.09. The largest absolute Gasteiger partial charge is 0.493 e. The molecule has 1 aromatic heterocycles. The van der Waals surface area contributed by atoms with Crippen molar-refractivity contribution in [2.45, 2.75) is 19.4 Å². The van der Waals surface area contributed by atoms with Crippen LogP contribution in [0.25, 0.3) is 0 Å². The number of hydrogen-bond donors (Lipinski definition) is 0. The van der Waals surface area contributed by atoms with Crippen molar-refractivity contribution in [1.29, 1.82) is 0 Å². The molecule has 0 radical (unpaired) electrons. The average Bonchev–Trinajstić information content (AvgIpc) is 3.08. The van der Waals surface area contributed by atoms with Crippen LogP contribution >= 0.6 is 0 Å². The van der Waals surface area contributed by atoms with E-state index in [1.165, 1.54) is 11.8 Å². The molecular formula is C16H18N2O4. The summed E-state index contributed by atoms with van der Waals surface area (Å²) in [4.78, 5) is 14.3. The van der Waals surface area contributed by atoms with Crippen molar-refractivity contribution in [2.75, 3.05) is 20.8 Å². The Hall–Kier alpha value is -2.50. The molecule has 0 unspecified atom stereocenters. The molecule has 2 heterocycles. The molecule has 0 aliphatic carbocycles. The lowest BCUT2D eigenvalue weighted by molar-refractivity contribution is 0.0634. The van der Waals surface area contributed by atoms with Crippen LogP contribution in [0, 0.1) is 0 Å². The molecule has 22 heavy (non-hydrogen) atoms. The lowest BCUT2D eigenvalue weighted by atomic mass is 9.92. The van der Waals surface area contributed by atoms with Gasteiger partial charge in [0, 0.05) is 12.6 Å². The standard InChI is InChI=1S/C16H18N2O4/c1-10-12-9-15(21-3)14(20-2)8-11(12)5-7-18(10)16(19)13-4-6-17-22-13/h4,6,8-10H,5,7H2,1-3H3/t10-/m1/s1. The van der Waals surface area contributed by atoms with Gasteiger partial charge in [0.1, 0.15) is 0 Å². The van der Waals surface area contributed by atoms with Crippen LogP contribution in [0.3, 0.4) is 0 Å². The van der Waals surface area contributed by atoms with Gasteiger partial charge in [0.05, 0.1) is 26.5 Å². The smallest absolute Gasteiger partial charge is 0.292 e. The van der Waals surface area contributed by atoms with Crippen LogP contribution in [0.15, 0.2) is 28.9 Å². The van der Waals surface area contributed by atoms with Gasteiger partial charge in [-0.1, -0.05) is 5.16 Å². The molecule has 116 valence electrons. The van der Waals surface area contributed by atoms with Gasteiger partial charge >= 0.3 is 0 Å². The summed E-state index contributed by atoms with van der Waals surface area (Å²) < 4.78 is 15.7. The number of nitrogens with zero attached hydrogens (tertiary/aromatic N) is 2. The highest BCUT2D eigenvalue weighted by molar-refractivity contribution is 5.91. The third-order valence-electron chi connectivity index (χ3n) is 4.09. The normalized spacial score (nSPS) is 17.0. The number of carbonyl (C=O) groups is 1. The molecule has 0 spiro atoms. The summed E-state index contributed by atoms with van der Waals surface area (Å²) >= 11 is 0. The van der Waals surface area contributed by atoms with Crippen LogP contribution in [0.5, 0.6) is 11.5 Å². The Morgan fingerprint density at radius 2 is 2.05 bits per heavy atom. The van der Waals surface area contributed by atoms with E-state index in [4.69, 9.17) is 14.0 Å². The first-order valence-corrected chi connectivity index (χ1v) is 7.12. The number of amides is 1. The van der Waals surface area contributed by atoms with Crippen LogP contribution in [-0.2, 0) is 6.42 Å². The van der Waals surface area contributed by atoms with E-state index in [1.807, 2.05) is 19.1 Å². The molecule has 6 heteroatoms. The highest BCUT2D eigenvalue weighted by Crippen LogP contribution is 2.38. The molecule has 1 amide bonds. The van der Waals surface area contributed by atoms with Crippen molar-refractivity contribution in [3.8, 4) is 11.5 Å². The van der Waals surface area contributed by atoms with Crippen molar-refractivity contribution < 1.29 is 18.8 Å². The predicted octanol–water partition coefficient (Wildman–Crippen LogP) is 2.45. The average molecular weight is 302 g/mol. The van der Waals surface area contributed by atoms with Gasteiger partial charge in [-0.15, -0.1) is 0 Å². The first-order valence-electron chi connectivity index (χ1n) is 7.12. The van der Waals surface area contributed by atoms with E-state index < -0.39 is 0 Å². The van der Waals surface area contributed by atoms with Crippen molar-refractivity contribution in [3.05, 3.63) is 41.3 Å². The first kappa shape index (κ1) is 14.4. The number of fused-ring (bicyclic) bond motifs is 1. The zero-order valence-corrected chi connectivity index (χ0v) is 12.8. The van der Waals surface area contributed by atoms with Crippen molar-refractivity contribution in [3.63, 3.8) is 0 Å². The molecular weight excluding hydrogens is 284 g/mol. The summed E-state index contributed by atoms with van der Waals surface area (Å²) in [6.07, 6.45) is 2.24. The van der Waals surface area contributed by atoms with Crippen LogP contribution in [0.2, 0.25) is 0 Å². The Labute approximate surface area is 128 Å². The molecule has 0 N–H and O–H groups in total. The first-order chi connectivity index (χ1) is 10.7. The molecule has 1 aromatic carbocycles. The molecule has 0 saturated heterocycles. The monoisotopic (exact) mass is 302 g/mol. The van der Waals surface area contributed by atoms with E-state index in [1.54, 1.807) is 25.2 Å². The van der Waals surface area contributed by atoms with Crippen LogP contribution in [0.1, 0.15) is 34.6 Å². The van der Waals surface area contributed by atoms with Crippen molar-refractivity contribution >= 4 is 5.91 Å². The second-order valence-corrected chi connectivity index (χ2v) is 5.21. The molecule has 1 atom stereocenters. The summed E-state index contributed by atoms with van der Waals surface area (Å²) in [7, 11) is 3.23. The van der Waals surface area contributed by atoms with E-state index in [-0.39, 0.29) is 17.7 Å². The van der Waals surface area contributed by atoms with E-state index in [9.17, 15) is 4.79 Å². The number of rotatable bonds is 3. The van der Waals surface area contributed by atoms with Gasteiger partial charge in [-0.25, -0.2) is 0 Å². The van der Waals surface area contributed by atoms with Crippen LogP contribution in [0.4, 0.5) is 0 Å². The topological polar surface area (TPSA) is 64.8 Å². The Kier molecular flexibility index (Phi) is 3.75. The Morgan fingerprint density at radius 1 is 1.32 bits per heavy atom. The van der Waals surface area contributed by atoms with Gasteiger partial charge in [-0.3, -0.25) is 4.79 Å². The van der Waals surface area contributed by atoms with Gasteiger partial charge in [-0.2, -0.15) is 0 Å². The van der Waals surface area contributed by atoms with Gasteiger partial charge < -0.3 is 18.9 Å². The minimum atomic E-state index is -0.148. The Morgan fingerprint density at radius 3 is 2.68 bits per heavy atom. The lowest BCUT2D eigenvalue weighted by Crippen LogP contribution is -2.38. The zero-order valence-electron chi connectivity index (χ0n) is 12.8. The minimum absolute atomic E-state index is 0.0684. The maximum Gasteiger partial charge on any atom is 0.292 e. The van der Waals surface area contributed by atoms with Crippen molar-refractivity contribution in [2.24, 2.45) is 0 Å². The molecule has 2 aromatic rings. The predicted molar refractivity (Wildman–Crippen MR) is 79.2 cm³/mol. The SMILES string of the molecule is COc1cc2c(cc1OC)[C@@H](C)N(C(=O)c1ccno1)CC2. The van der Waals surface area contributed by atoms with Gasteiger partial charge in [0.2, 0.25) is 5.76 Å². The maximum atomic E-state index is 12.5. The van der Waals surface area contributed by atoms with Gasteiger partial charge in [0.15, 0.2) is 11.5 Å². The number of carbonyl (C=O) groups excluding carboxylic acids is 1. The lowest BCUT2D eigenvalue weighted by Gasteiger charge is -2.35. The fourth-order valence-corrected chi connectivity index (χ4v) is 2.89. The molecule has 0 saturated carbocycles. The summed E-state index contributed by atoms with van der Waals surface area (Å²) in [5.41, 5.74) is 2.24. The van der Waals surface area contributed by atoms with Crippen LogP contribution in [-0.4, -0.2) is 36.7 Å². The third kappa shape index (κ3) is 2.30. The highest BCUT2D eigenvalue weighted by Gasteiger charge is 2.31. The van der Waals surface area contributed by atoms with Crippen molar-refractivity contribution in [1.82, 2.24) is 10.1 Å². The quantitative estimate of drug-likeness (QED) is 0.871. The number of benzene rings is 1. The van der Waals surface area contributed by atoms with E-state index in [0.717, 1.165) is 12.0 Å². The number of hydrogen-bond acceptors (Lipinski definition) is 5. The number of methoxy groups -OCH3 is 2. The minimum Gasteiger partial charge on any atom is -0.493 e. The molecule has 0 bridgehead atoms.